The zero-order valence-corrected chi connectivity index (χ0v) is 17.2. The molecular weight excluding hydrogens is 366 g/mol. The minimum atomic E-state index is -0.783. The molecule has 1 heterocycles. The fourth-order valence-electron chi connectivity index (χ4n) is 4.68. The van der Waals surface area contributed by atoms with E-state index in [4.69, 9.17) is 0 Å². The molecule has 4 aromatic rings. The highest BCUT2D eigenvalue weighted by Crippen LogP contribution is 2.34. The fourth-order valence-corrected chi connectivity index (χ4v) is 4.68. The van der Waals surface area contributed by atoms with Gasteiger partial charge in [-0.3, -0.25) is 4.90 Å². The van der Waals surface area contributed by atoms with Gasteiger partial charge in [0.15, 0.2) is 0 Å². The van der Waals surface area contributed by atoms with Crippen LogP contribution in [0, 0.1) is 0 Å². The molecule has 4 aromatic carbocycles. The maximum Gasteiger partial charge on any atom is 0.102 e. The molecule has 150 valence electrons. The Hall–Kier alpha value is -2.94. The smallest absolute Gasteiger partial charge is 0.102 e. The van der Waals surface area contributed by atoms with Gasteiger partial charge in [-0.05, 0) is 58.5 Å². The summed E-state index contributed by atoms with van der Waals surface area (Å²) in [6, 6.07) is 34.1. The van der Waals surface area contributed by atoms with Gasteiger partial charge in [0.2, 0.25) is 0 Å². The quantitative estimate of drug-likeness (QED) is 0.460. The summed E-state index contributed by atoms with van der Waals surface area (Å²) in [6.07, 6.45) is 1.82. The Kier molecular flexibility index (Phi) is 5.12. The Balaban J connectivity index is 1.35. The van der Waals surface area contributed by atoms with E-state index in [2.05, 4.69) is 95.9 Å². The van der Waals surface area contributed by atoms with Crippen molar-refractivity contribution in [2.45, 2.75) is 25.0 Å². The zero-order chi connectivity index (χ0) is 20.4. The number of aliphatic hydroxyl groups is 1. The van der Waals surface area contributed by atoms with Crippen molar-refractivity contribution in [2.24, 2.45) is 0 Å². The number of benzene rings is 4. The first-order valence-corrected chi connectivity index (χ1v) is 10.8. The molecule has 0 spiro atoms. The Morgan fingerprint density at radius 3 is 2.23 bits per heavy atom. The number of piperidine rings is 1. The van der Waals surface area contributed by atoms with Crippen LogP contribution in [0.2, 0.25) is 0 Å². The lowest BCUT2D eigenvalue weighted by molar-refractivity contribution is -0.0381. The molecule has 0 radical (unpaired) electrons. The van der Waals surface area contributed by atoms with Crippen molar-refractivity contribution in [3.8, 4) is 11.1 Å². The first-order chi connectivity index (χ1) is 14.7. The molecule has 30 heavy (non-hydrogen) atoms. The number of hydrogen-bond donors (Lipinski definition) is 1. The maximum atomic E-state index is 11.5. The van der Waals surface area contributed by atoms with Crippen molar-refractivity contribution in [1.29, 1.82) is 0 Å². The normalized spacial score (nSPS) is 19.8. The Labute approximate surface area is 178 Å². The van der Waals surface area contributed by atoms with Gasteiger partial charge >= 0.3 is 0 Å². The molecule has 1 unspecified atom stereocenters. The van der Waals surface area contributed by atoms with Crippen LogP contribution in [-0.4, -0.2) is 23.1 Å². The predicted molar refractivity (Wildman–Crippen MR) is 124 cm³/mol. The molecule has 0 amide bonds. The Morgan fingerprint density at radius 1 is 0.733 bits per heavy atom. The van der Waals surface area contributed by atoms with Crippen molar-refractivity contribution in [3.63, 3.8) is 0 Å². The van der Waals surface area contributed by atoms with Gasteiger partial charge in [-0.25, -0.2) is 0 Å². The van der Waals surface area contributed by atoms with Crippen LogP contribution in [0.3, 0.4) is 0 Å². The number of rotatable bonds is 4. The van der Waals surface area contributed by atoms with Crippen LogP contribution < -0.4 is 0 Å². The number of nitrogens with zero attached hydrogens (tertiary/aromatic N) is 1. The largest absolute Gasteiger partial charge is 0.384 e. The number of β-amino-alcohol motifs (C(OH)–C–C–N with tert-alkyl or cyclic N) is 1. The molecule has 1 N–H and O–H groups in total. The van der Waals surface area contributed by atoms with Gasteiger partial charge in [0.25, 0.3) is 0 Å². The van der Waals surface area contributed by atoms with Crippen LogP contribution in [0.25, 0.3) is 21.9 Å². The lowest BCUT2D eigenvalue weighted by Crippen LogP contribution is -2.45. The van der Waals surface area contributed by atoms with Gasteiger partial charge < -0.3 is 5.11 Å². The second kappa shape index (κ2) is 8.06. The fraction of sp³-hybridized carbons (Fsp3) is 0.214. The zero-order valence-electron chi connectivity index (χ0n) is 17.2. The lowest BCUT2D eigenvalue weighted by atomic mass is 9.85. The molecule has 2 nitrogen and oxygen atoms in total. The average molecular weight is 394 g/mol. The SMILES string of the molecule is OC1(c2ccc(-c3ccc4ccccc4c3)cc2)CCCN(Cc2ccccc2)C1. The van der Waals surface area contributed by atoms with Gasteiger partial charge in [-0.2, -0.15) is 0 Å². The second-order valence-electron chi connectivity index (χ2n) is 8.47. The van der Waals surface area contributed by atoms with Crippen LogP contribution in [0.5, 0.6) is 0 Å². The van der Waals surface area contributed by atoms with E-state index in [1.165, 1.54) is 27.5 Å². The van der Waals surface area contributed by atoms with Crippen molar-refractivity contribution in [2.75, 3.05) is 13.1 Å². The van der Waals surface area contributed by atoms with Crippen molar-refractivity contribution >= 4 is 10.8 Å². The van der Waals surface area contributed by atoms with E-state index in [-0.39, 0.29) is 0 Å². The molecule has 5 rings (SSSR count). The van der Waals surface area contributed by atoms with Crippen LogP contribution >= 0.6 is 0 Å². The minimum absolute atomic E-state index is 0.678. The van der Waals surface area contributed by atoms with E-state index < -0.39 is 5.60 Å². The number of fused-ring (bicyclic) bond motifs is 1. The first-order valence-electron chi connectivity index (χ1n) is 10.8. The monoisotopic (exact) mass is 393 g/mol. The summed E-state index contributed by atoms with van der Waals surface area (Å²) in [5.41, 5.74) is 3.93. The lowest BCUT2D eigenvalue weighted by Gasteiger charge is -2.39. The van der Waals surface area contributed by atoms with Gasteiger partial charge in [-0.15, -0.1) is 0 Å². The van der Waals surface area contributed by atoms with E-state index in [1.807, 2.05) is 6.07 Å². The van der Waals surface area contributed by atoms with E-state index >= 15 is 0 Å². The molecule has 1 aliphatic rings. The standard InChI is InChI=1S/C28H27NO/c30-28(17-6-18-29(21-28)20-22-7-2-1-3-8-22)27-15-13-24(14-16-27)26-12-11-23-9-4-5-10-25(23)19-26/h1-5,7-16,19,30H,6,17-18,20-21H2. The van der Waals surface area contributed by atoms with Crippen LogP contribution in [-0.2, 0) is 12.1 Å². The summed E-state index contributed by atoms with van der Waals surface area (Å²) in [5, 5.41) is 14.0. The molecule has 1 aliphatic heterocycles. The topological polar surface area (TPSA) is 23.5 Å². The highest BCUT2D eigenvalue weighted by atomic mass is 16.3. The third-order valence-electron chi connectivity index (χ3n) is 6.30. The van der Waals surface area contributed by atoms with E-state index in [0.717, 1.165) is 31.5 Å². The summed E-state index contributed by atoms with van der Waals surface area (Å²) in [4.78, 5) is 2.37. The summed E-state index contributed by atoms with van der Waals surface area (Å²) >= 11 is 0. The van der Waals surface area contributed by atoms with Crippen LogP contribution in [0.15, 0.2) is 97.1 Å². The third kappa shape index (κ3) is 3.89. The van der Waals surface area contributed by atoms with E-state index in [1.54, 1.807) is 0 Å². The van der Waals surface area contributed by atoms with Gasteiger partial charge in [0.1, 0.15) is 5.60 Å². The summed E-state index contributed by atoms with van der Waals surface area (Å²) < 4.78 is 0. The molecule has 1 atom stereocenters. The molecular formula is C28H27NO. The predicted octanol–water partition coefficient (Wildman–Crippen LogP) is 5.99. The molecule has 1 saturated heterocycles. The summed E-state index contributed by atoms with van der Waals surface area (Å²) in [7, 11) is 0. The Morgan fingerprint density at radius 2 is 1.43 bits per heavy atom. The van der Waals surface area contributed by atoms with Gasteiger partial charge in [0, 0.05) is 13.1 Å². The van der Waals surface area contributed by atoms with E-state index in [0.29, 0.717) is 6.54 Å². The van der Waals surface area contributed by atoms with Gasteiger partial charge in [0.05, 0.1) is 0 Å². The summed E-state index contributed by atoms with van der Waals surface area (Å²) in [6.45, 7) is 2.60. The number of hydrogen-bond acceptors (Lipinski definition) is 2. The van der Waals surface area contributed by atoms with E-state index in [9.17, 15) is 5.11 Å². The average Bonchev–Trinajstić information content (AvgIpc) is 2.80. The van der Waals surface area contributed by atoms with Crippen molar-refractivity contribution in [3.05, 3.63) is 108 Å². The highest BCUT2D eigenvalue weighted by Gasteiger charge is 2.34. The molecule has 1 fully saturated rings. The molecule has 0 aromatic heterocycles. The second-order valence-corrected chi connectivity index (χ2v) is 8.47. The van der Waals surface area contributed by atoms with Crippen molar-refractivity contribution < 1.29 is 5.11 Å². The maximum absolute atomic E-state index is 11.5. The Bertz CT molecular complexity index is 1140. The van der Waals surface area contributed by atoms with Crippen LogP contribution in [0.4, 0.5) is 0 Å². The molecule has 0 aliphatic carbocycles. The first kappa shape index (κ1) is 19.0. The minimum Gasteiger partial charge on any atom is -0.384 e. The van der Waals surface area contributed by atoms with Gasteiger partial charge in [-0.1, -0.05) is 91.0 Å². The molecule has 0 saturated carbocycles. The molecule has 2 heteroatoms. The molecule has 0 bridgehead atoms. The summed E-state index contributed by atoms with van der Waals surface area (Å²) in [5.74, 6) is 0. The van der Waals surface area contributed by atoms with Crippen molar-refractivity contribution in [1.82, 2.24) is 4.90 Å². The highest BCUT2D eigenvalue weighted by molar-refractivity contribution is 5.87. The number of likely N-dealkylation sites (tertiary alicyclic amines) is 1. The third-order valence-corrected chi connectivity index (χ3v) is 6.30. The van der Waals surface area contributed by atoms with Crippen LogP contribution in [0.1, 0.15) is 24.0 Å².